The minimum Gasteiger partial charge on any atom is -0.505 e. The fourth-order valence-corrected chi connectivity index (χ4v) is 4.26. The third-order valence-corrected chi connectivity index (χ3v) is 5.68. The van der Waals surface area contributed by atoms with Crippen LogP contribution in [0.2, 0.25) is 0 Å². The largest absolute Gasteiger partial charge is 0.505 e. The number of fused-ring (bicyclic) bond motifs is 1. The molecule has 160 valence electrons. The van der Waals surface area contributed by atoms with Crippen LogP contribution >= 0.6 is 0 Å². The molecule has 0 saturated heterocycles. The molecule has 0 fully saturated rings. The lowest BCUT2D eigenvalue weighted by Gasteiger charge is -2.14. The molecule has 0 atom stereocenters. The van der Waals surface area contributed by atoms with Gasteiger partial charge in [0.1, 0.15) is 23.0 Å². The van der Waals surface area contributed by atoms with E-state index in [0.717, 1.165) is 24.3 Å². The average molecular weight is 446 g/mol. The molecular weight excluding hydrogens is 432 g/mol. The van der Waals surface area contributed by atoms with Crippen molar-refractivity contribution < 1.29 is 36.3 Å². The van der Waals surface area contributed by atoms with Crippen LogP contribution in [0.5, 0.6) is 17.2 Å². The van der Waals surface area contributed by atoms with E-state index in [1.165, 1.54) is 25.5 Å². The van der Waals surface area contributed by atoms with Crippen molar-refractivity contribution in [2.24, 2.45) is 0 Å². The molecule has 0 saturated carbocycles. The van der Waals surface area contributed by atoms with Gasteiger partial charge in [0.05, 0.1) is 29.2 Å². The van der Waals surface area contributed by atoms with Crippen molar-refractivity contribution in [3.63, 3.8) is 0 Å². The average Bonchev–Trinajstić information content (AvgIpc) is 3.35. The molecule has 0 unspecified atom stereocenters. The summed E-state index contributed by atoms with van der Waals surface area (Å²) in [6.07, 6.45) is 1.23. The molecule has 0 radical (unpaired) electrons. The quantitative estimate of drug-likeness (QED) is 0.263. The van der Waals surface area contributed by atoms with Crippen LogP contribution in [0.1, 0.15) is 5.76 Å². The molecule has 2 aromatic carbocycles. The first-order valence-electron chi connectivity index (χ1n) is 8.65. The molecule has 0 spiro atoms. The number of nitro groups is 1. The number of furan rings is 1. The SMILES string of the molecule is COc1c(-c2cc(C)on2)c(O)c(S(=O)(=O)Oc2ccc([N+](=O)[O-])cc2)c2occc12. The predicted molar refractivity (Wildman–Crippen MR) is 106 cm³/mol. The van der Waals surface area contributed by atoms with Gasteiger partial charge in [-0.25, -0.2) is 0 Å². The predicted octanol–water partition coefficient (Wildman–Crippen LogP) is 3.79. The molecule has 0 bridgehead atoms. The Hall–Kier alpha value is -4.06. The first kappa shape index (κ1) is 20.2. The summed E-state index contributed by atoms with van der Waals surface area (Å²) >= 11 is 0. The number of benzene rings is 2. The molecule has 0 aliphatic rings. The number of non-ortho nitro benzene ring substituents is 1. The lowest BCUT2D eigenvalue weighted by Crippen LogP contribution is -2.11. The van der Waals surface area contributed by atoms with Crippen molar-refractivity contribution in [3.8, 4) is 28.5 Å². The highest BCUT2D eigenvalue weighted by molar-refractivity contribution is 7.87. The number of methoxy groups -OCH3 is 1. The maximum atomic E-state index is 13.1. The van der Waals surface area contributed by atoms with Gasteiger partial charge in [0.2, 0.25) is 0 Å². The minimum atomic E-state index is -4.65. The number of nitrogens with zero attached hydrogens (tertiary/aromatic N) is 2. The lowest BCUT2D eigenvalue weighted by atomic mass is 10.1. The van der Waals surface area contributed by atoms with E-state index in [9.17, 15) is 23.6 Å². The van der Waals surface area contributed by atoms with Crippen LogP contribution in [0.4, 0.5) is 5.69 Å². The minimum absolute atomic E-state index is 0.0286. The van der Waals surface area contributed by atoms with Crippen molar-refractivity contribution >= 4 is 26.8 Å². The van der Waals surface area contributed by atoms with Crippen LogP contribution < -0.4 is 8.92 Å². The molecule has 2 heterocycles. The van der Waals surface area contributed by atoms with Gasteiger partial charge in [0, 0.05) is 18.2 Å². The third-order valence-electron chi connectivity index (χ3n) is 4.39. The molecule has 4 aromatic rings. The fraction of sp³-hybridized carbons (Fsp3) is 0.105. The fourth-order valence-electron chi connectivity index (χ4n) is 3.08. The molecule has 0 aliphatic carbocycles. The Labute approximate surface area is 174 Å². The number of aromatic hydroxyl groups is 1. The Bertz CT molecular complexity index is 1400. The van der Waals surface area contributed by atoms with Crippen molar-refractivity contribution in [2.45, 2.75) is 11.8 Å². The molecule has 0 aliphatic heterocycles. The van der Waals surface area contributed by atoms with Crippen LogP contribution in [0, 0.1) is 17.0 Å². The summed E-state index contributed by atoms with van der Waals surface area (Å²) < 4.78 is 47.0. The normalized spacial score (nSPS) is 11.5. The van der Waals surface area contributed by atoms with E-state index in [4.69, 9.17) is 17.9 Å². The molecule has 0 amide bonds. The summed E-state index contributed by atoms with van der Waals surface area (Å²) in [5, 5.41) is 25.8. The first-order chi connectivity index (χ1) is 14.7. The number of nitro benzene ring substituents is 1. The molecule has 31 heavy (non-hydrogen) atoms. The number of hydrogen-bond donors (Lipinski definition) is 1. The summed E-state index contributed by atoms with van der Waals surface area (Å²) in [6.45, 7) is 1.63. The van der Waals surface area contributed by atoms with Gasteiger partial charge >= 0.3 is 10.1 Å². The van der Waals surface area contributed by atoms with Crippen molar-refractivity contribution in [1.29, 1.82) is 0 Å². The number of aryl methyl sites for hydroxylation is 1. The Morgan fingerprint density at radius 3 is 2.48 bits per heavy atom. The van der Waals surface area contributed by atoms with Gasteiger partial charge in [-0.3, -0.25) is 10.1 Å². The van der Waals surface area contributed by atoms with Crippen LogP contribution in [0.25, 0.3) is 22.2 Å². The highest BCUT2D eigenvalue weighted by atomic mass is 32.2. The highest BCUT2D eigenvalue weighted by Crippen LogP contribution is 2.48. The van der Waals surface area contributed by atoms with E-state index in [0.29, 0.717) is 5.76 Å². The van der Waals surface area contributed by atoms with Gasteiger partial charge in [-0.1, -0.05) is 5.16 Å². The van der Waals surface area contributed by atoms with Crippen molar-refractivity contribution in [3.05, 3.63) is 58.5 Å². The first-order valence-corrected chi connectivity index (χ1v) is 10.1. The molecule has 4 rings (SSSR count). The highest BCUT2D eigenvalue weighted by Gasteiger charge is 2.33. The van der Waals surface area contributed by atoms with E-state index in [2.05, 4.69) is 5.16 Å². The van der Waals surface area contributed by atoms with Gasteiger partial charge in [-0.05, 0) is 25.1 Å². The standard InChI is InChI=1S/C19H14N2O9S/c1-10-9-14(20-29-10)15-16(22)19(18-13(7-8-28-18)17(15)27-2)31(25,26)30-12-5-3-11(4-6-12)21(23)24/h3-9,22H,1-2H3. The zero-order chi connectivity index (χ0) is 22.3. The second-order valence-corrected chi connectivity index (χ2v) is 7.84. The molecule has 11 nitrogen and oxygen atoms in total. The van der Waals surface area contributed by atoms with Crippen LogP contribution in [-0.2, 0) is 10.1 Å². The second-order valence-electron chi connectivity index (χ2n) is 6.36. The summed E-state index contributed by atoms with van der Waals surface area (Å²) in [7, 11) is -3.30. The number of hydrogen-bond acceptors (Lipinski definition) is 10. The monoisotopic (exact) mass is 446 g/mol. The van der Waals surface area contributed by atoms with Gasteiger partial charge in [0.25, 0.3) is 5.69 Å². The van der Waals surface area contributed by atoms with E-state index < -0.39 is 25.7 Å². The number of rotatable bonds is 6. The van der Waals surface area contributed by atoms with Gasteiger partial charge < -0.3 is 23.0 Å². The maximum absolute atomic E-state index is 13.1. The Balaban J connectivity index is 1.91. The summed E-state index contributed by atoms with van der Waals surface area (Å²) in [6, 6.07) is 7.39. The van der Waals surface area contributed by atoms with E-state index in [1.807, 2.05) is 0 Å². The zero-order valence-electron chi connectivity index (χ0n) is 16.1. The Morgan fingerprint density at radius 1 is 1.19 bits per heavy atom. The van der Waals surface area contributed by atoms with Gasteiger partial charge in [0.15, 0.2) is 16.2 Å². The van der Waals surface area contributed by atoms with Crippen molar-refractivity contribution in [1.82, 2.24) is 5.16 Å². The summed E-state index contributed by atoms with van der Waals surface area (Å²) in [5.41, 5.74) is -0.324. The Kier molecular flexibility index (Phi) is 4.78. The van der Waals surface area contributed by atoms with Crippen molar-refractivity contribution in [2.75, 3.05) is 7.11 Å². The van der Waals surface area contributed by atoms with Crippen LogP contribution in [0.3, 0.4) is 0 Å². The van der Waals surface area contributed by atoms with E-state index in [-0.39, 0.29) is 39.4 Å². The second kappa shape index (κ2) is 7.32. The van der Waals surface area contributed by atoms with E-state index >= 15 is 0 Å². The Morgan fingerprint density at radius 2 is 1.90 bits per heavy atom. The zero-order valence-corrected chi connectivity index (χ0v) is 16.9. The number of phenols is 1. The summed E-state index contributed by atoms with van der Waals surface area (Å²) in [4.78, 5) is 9.51. The number of phenolic OH excluding ortho intramolecular Hbond substituents is 1. The number of ether oxygens (including phenoxy) is 1. The number of aromatic nitrogens is 1. The van der Waals surface area contributed by atoms with E-state index in [1.54, 1.807) is 6.92 Å². The molecular formula is C19H14N2O9S. The van der Waals surface area contributed by atoms with Crippen LogP contribution in [-0.4, -0.2) is 30.7 Å². The van der Waals surface area contributed by atoms with Crippen LogP contribution in [0.15, 0.2) is 56.5 Å². The maximum Gasteiger partial charge on any atom is 0.346 e. The smallest absolute Gasteiger partial charge is 0.346 e. The lowest BCUT2D eigenvalue weighted by molar-refractivity contribution is -0.384. The van der Waals surface area contributed by atoms with Gasteiger partial charge in [-0.15, -0.1) is 0 Å². The third kappa shape index (κ3) is 3.42. The molecule has 1 N–H and O–H groups in total. The summed E-state index contributed by atoms with van der Waals surface area (Å²) in [5.74, 6) is -0.354. The molecule has 12 heteroatoms. The topological polar surface area (TPSA) is 155 Å². The van der Waals surface area contributed by atoms with Gasteiger partial charge in [-0.2, -0.15) is 8.42 Å². The molecule has 2 aromatic heterocycles.